The Hall–Kier alpha value is -2.26. The molecule has 8 nitrogen and oxygen atoms in total. The van der Waals surface area contributed by atoms with Crippen LogP contribution in [0.4, 0.5) is 11.6 Å². The summed E-state index contributed by atoms with van der Waals surface area (Å²) in [5, 5.41) is 0.942. The SMILES string of the molecule is Cc1nc(N2CCN(C)CC2)cc(N2CCN(C(=O)c3sc(C)nc3C)CC2)n1. The molecule has 0 radical (unpaired) electrons. The van der Waals surface area contributed by atoms with Gasteiger partial charge in [0, 0.05) is 58.4 Å². The summed E-state index contributed by atoms with van der Waals surface area (Å²) in [4.78, 5) is 36.3. The highest BCUT2D eigenvalue weighted by atomic mass is 32.1. The molecule has 0 atom stereocenters. The van der Waals surface area contributed by atoms with Crippen LogP contribution in [-0.2, 0) is 0 Å². The van der Waals surface area contributed by atoms with E-state index in [1.54, 1.807) is 0 Å². The van der Waals surface area contributed by atoms with Crippen LogP contribution in [-0.4, -0.2) is 90.1 Å². The highest BCUT2D eigenvalue weighted by molar-refractivity contribution is 7.13. The Labute approximate surface area is 176 Å². The summed E-state index contributed by atoms with van der Waals surface area (Å²) < 4.78 is 0. The van der Waals surface area contributed by atoms with Crippen LogP contribution in [0.3, 0.4) is 0 Å². The zero-order chi connectivity index (χ0) is 20.5. The lowest BCUT2D eigenvalue weighted by molar-refractivity contribution is 0.0750. The Morgan fingerprint density at radius 2 is 1.41 bits per heavy atom. The second-order valence-electron chi connectivity index (χ2n) is 7.85. The van der Waals surface area contributed by atoms with Gasteiger partial charge in [-0.3, -0.25) is 4.79 Å². The lowest BCUT2D eigenvalue weighted by atomic mass is 10.2. The van der Waals surface area contributed by atoms with Crippen LogP contribution in [0, 0.1) is 20.8 Å². The summed E-state index contributed by atoms with van der Waals surface area (Å²) in [7, 11) is 2.16. The van der Waals surface area contributed by atoms with Gasteiger partial charge in [0.25, 0.3) is 5.91 Å². The predicted octanol–water partition coefficient (Wildman–Crippen LogP) is 1.57. The lowest BCUT2D eigenvalue weighted by Crippen LogP contribution is -2.49. The number of likely N-dealkylation sites (N-methyl/N-ethyl adjacent to an activating group) is 1. The fourth-order valence-corrected chi connectivity index (χ4v) is 4.80. The molecule has 2 aromatic rings. The molecule has 2 fully saturated rings. The molecule has 4 heterocycles. The maximum Gasteiger partial charge on any atom is 0.265 e. The number of thiazole rings is 1. The van der Waals surface area contributed by atoms with Gasteiger partial charge in [0.1, 0.15) is 22.3 Å². The van der Waals surface area contributed by atoms with Crippen molar-refractivity contribution in [3.63, 3.8) is 0 Å². The molecule has 0 aromatic carbocycles. The van der Waals surface area contributed by atoms with E-state index in [1.165, 1.54) is 11.3 Å². The number of rotatable bonds is 3. The molecule has 0 bridgehead atoms. The summed E-state index contributed by atoms with van der Waals surface area (Å²) >= 11 is 1.49. The zero-order valence-electron chi connectivity index (χ0n) is 17.7. The minimum absolute atomic E-state index is 0.102. The van der Waals surface area contributed by atoms with E-state index in [9.17, 15) is 4.79 Å². The fraction of sp³-hybridized carbons (Fsp3) is 0.600. The van der Waals surface area contributed by atoms with Crippen LogP contribution in [0.2, 0.25) is 0 Å². The number of nitrogens with zero attached hydrogens (tertiary/aromatic N) is 7. The third kappa shape index (κ3) is 4.35. The number of aromatic nitrogens is 3. The predicted molar refractivity (Wildman–Crippen MR) is 116 cm³/mol. The molecule has 1 amide bonds. The highest BCUT2D eigenvalue weighted by Crippen LogP contribution is 2.23. The van der Waals surface area contributed by atoms with Crippen molar-refractivity contribution in [2.24, 2.45) is 0 Å². The summed E-state index contributed by atoms with van der Waals surface area (Å²) in [5.74, 6) is 2.87. The van der Waals surface area contributed by atoms with Gasteiger partial charge < -0.3 is 19.6 Å². The molecule has 2 aliphatic rings. The minimum Gasteiger partial charge on any atom is -0.354 e. The Kier molecular flexibility index (Phi) is 5.69. The Bertz CT molecular complexity index is 883. The van der Waals surface area contributed by atoms with Crippen molar-refractivity contribution in [1.82, 2.24) is 24.8 Å². The average molecular weight is 416 g/mol. The van der Waals surface area contributed by atoms with Crippen LogP contribution in [0.15, 0.2) is 6.07 Å². The normalized spacial score (nSPS) is 18.4. The van der Waals surface area contributed by atoms with Crippen molar-refractivity contribution in [3.05, 3.63) is 27.5 Å². The molecule has 0 N–H and O–H groups in total. The summed E-state index contributed by atoms with van der Waals surface area (Å²) in [6, 6.07) is 2.10. The maximum atomic E-state index is 12.9. The average Bonchev–Trinajstić information content (AvgIpc) is 3.05. The van der Waals surface area contributed by atoms with Crippen LogP contribution in [0.5, 0.6) is 0 Å². The van der Waals surface area contributed by atoms with Gasteiger partial charge in [-0.1, -0.05) is 0 Å². The molecule has 9 heteroatoms. The van der Waals surface area contributed by atoms with Gasteiger partial charge in [-0.25, -0.2) is 15.0 Å². The molecule has 0 aliphatic carbocycles. The second-order valence-corrected chi connectivity index (χ2v) is 9.05. The Morgan fingerprint density at radius 3 is 1.93 bits per heavy atom. The molecule has 0 saturated carbocycles. The Morgan fingerprint density at radius 1 is 0.862 bits per heavy atom. The summed E-state index contributed by atoms with van der Waals surface area (Å²) in [5.41, 5.74) is 0.836. The van der Waals surface area contributed by atoms with Crippen LogP contribution in [0.1, 0.15) is 26.2 Å². The number of carbonyl (C=O) groups is 1. The minimum atomic E-state index is 0.102. The largest absolute Gasteiger partial charge is 0.354 e. The van der Waals surface area contributed by atoms with E-state index >= 15 is 0 Å². The summed E-state index contributed by atoms with van der Waals surface area (Å²) in [6.45, 7) is 12.8. The molecule has 0 unspecified atom stereocenters. The van der Waals surface area contributed by atoms with Gasteiger partial charge in [0.15, 0.2) is 0 Å². The van der Waals surface area contributed by atoms with Crippen LogP contribution < -0.4 is 9.80 Å². The van der Waals surface area contributed by atoms with Crippen molar-refractivity contribution in [2.75, 3.05) is 69.2 Å². The van der Waals surface area contributed by atoms with Crippen molar-refractivity contribution < 1.29 is 4.79 Å². The van der Waals surface area contributed by atoms with Gasteiger partial charge in [-0.05, 0) is 27.8 Å². The topological polar surface area (TPSA) is 68.7 Å². The fourth-order valence-electron chi connectivity index (χ4n) is 3.91. The third-order valence-corrected chi connectivity index (χ3v) is 6.69. The van der Waals surface area contributed by atoms with Crippen LogP contribution >= 0.6 is 11.3 Å². The molecule has 0 spiro atoms. The molecule has 156 valence electrons. The van der Waals surface area contributed by atoms with E-state index in [4.69, 9.17) is 0 Å². The van der Waals surface area contributed by atoms with E-state index in [2.05, 4.69) is 42.8 Å². The van der Waals surface area contributed by atoms with Gasteiger partial charge in [0.2, 0.25) is 0 Å². The van der Waals surface area contributed by atoms with Crippen molar-refractivity contribution in [2.45, 2.75) is 20.8 Å². The molecule has 2 saturated heterocycles. The number of hydrogen-bond donors (Lipinski definition) is 0. The van der Waals surface area contributed by atoms with Crippen molar-refractivity contribution in [3.8, 4) is 0 Å². The van der Waals surface area contributed by atoms with E-state index < -0.39 is 0 Å². The molecule has 2 aromatic heterocycles. The van der Waals surface area contributed by atoms with Crippen molar-refractivity contribution >= 4 is 28.9 Å². The zero-order valence-corrected chi connectivity index (χ0v) is 18.5. The van der Waals surface area contributed by atoms with Crippen LogP contribution in [0.25, 0.3) is 0 Å². The molecular weight excluding hydrogens is 386 g/mol. The maximum absolute atomic E-state index is 12.9. The van der Waals surface area contributed by atoms with Gasteiger partial charge in [0.05, 0.1) is 10.7 Å². The number of amides is 1. The van der Waals surface area contributed by atoms with E-state index in [0.717, 1.165) is 72.3 Å². The summed E-state index contributed by atoms with van der Waals surface area (Å²) in [6.07, 6.45) is 0. The first kappa shape index (κ1) is 20.0. The number of carbonyl (C=O) groups excluding carboxylic acids is 1. The van der Waals surface area contributed by atoms with Gasteiger partial charge in [-0.15, -0.1) is 11.3 Å². The lowest BCUT2D eigenvalue weighted by Gasteiger charge is -2.36. The number of piperazine rings is 2. The van der Waals surface area contributed by atoms with E-state index in [0.29, 0.717) is 13.1 Å². The monoisotopic (exact) mass is 415 g/mol. The highest BCUT2D eigenvalue weighted by Gasteiger charge is 2.26. The number of anilines is 2. The first-order valence-electron chi connectivity index (χ1n) is 10.2. The first-order valence-corrected chi connectivity index (χ1v) is 11.0. The van der Waals surface area contributed by atoms with Gasteiger partial charge >= 0.3 is 0 Å². The molecular formula is C20H29N7OS. The van der Waals surface area contributed by atoms with Crippen molar-refractivity contribution in [1.29, 1.82) is 0 Å². The smallest absolute Gasteiger partial charge is 0.265 e. The quantitative estimate of drug-likeness (QED) is 0.754. The standard InChI is InChI=1S/C20H29N7OS/c1-14-19(29-16(3)21-14)20(28)27-11-9-26(10-12-27)18-13-17(22-15(2)23-18)25-7-5-24(4)6-8-25/h13H,5-12H2,1-4H3. The molecule has 29 heavy (non-hydrogen) atoms. The molecule has 2 aliphatic heterocycles. The molecule has 4 rings (SSSR count). The van der Waals surface area contributed by atoms with E-state index in [-0.39, 0.29) is 5.91 Å². The van der Waals surface area contributed by atoms with Gasteiger partial charge in [-0.2, -0.15) is 0 Å². The van der Waals surface area contributed by atoms with E-state index in [1.807, 2.05) is 25.7 Å². The Balaban J connectivity index is 1.43. The first-order chi connectivity index (χ1) is 13.9. The number of aryl methyl sites for hydroxylation is 3. The third-order valence-electron chi connectivity index (χ3n) is 5.63. The number of hydrogen-bond acceptors (Lipinski definition) is 8. The second kappa shape index (κ2) is 8.23.